The number of carbonyl (C=O) groups excluding carboxylic acids is 4. The Bertz CT molecular complexity index is 3710. The van der Waals surface area contributed by atoms with Crippen LogP contribution in [-0.2, 0) is 0 Å². The molecule has 7 aromatic rings. The quantitative estimate of drug-likeness (QED) is 0.0229. The van der Waals surface area contributed by atoms with E-state index in [-0.39, 0.29) is 23.6 Å². The Morgan fingerprint density at radius 3 is 1.25 bits per heavy atom. The minimum Gasteiger partial charge on any atom is -0.274 e. The zero-order valence-corrected chi connectivity index (χ0v) is 65.0. The lowest BCUT2D eigenvalue weighted by atomic mass is 9.99. The third-order valence-corrected chi connectivity index (χ3v) is 40.0. The molecule has 4 aliphatic heterocycles. The van der Waals surface area contributed by atoms with Gasteiger partial charge in [0.25, 0.3) is 23.6 Å². The van der Waals surface area contributed by atoms with E-state index in [1.807, 2.05) is 52.3 Å². The first-order valence-electron chi connectivity index (χ1n) is 36.1. The van der Waals surface area contributed by atoms with E-state index in [1.54, 1.807) is 48.0 Å². The molecule has 0 bridgehead atoms. The van der Waals surface area contributed by atoms with Crippen molar-refractivity contribution in [1.82, 2.24) is 9.80 Å². The Morgan fingerprint density at radius 1 is 0.380 bits per heavy atom. The molecule has 4 amide bonds. The van der Waals surface area contributed by atoms with Crippen LogP contribution in [0.25, 0.3) is 39.0 Å². The third kappa shape index (κ3) is 13.7. The van der Waals surface area contributed by atoms with E-state index in [9.17, 15) is 19.2 Å². The van der Waals surface area contributed by atoms with Crippen molar-refractivity contribution >= 4 is 134 Å². The van der Waals surface area contributed by atoms with Gasteiger partial charge in [0.1, 0.15) is 8.07 Å². The predicted octanol–water partition coefficient (Wildman–Crippen LogP) is 21.7. The second kappa shape index (κ2) is 31.6. The fourth-order valence-corrected chi connectivity index (χ4v) is 37.9. The van der Waals surface area contributed by atoms with E-state index in [2.05, 4.69) is 138 Å². The molecule has 10 heterocycles. The topological polar surface area (TPSA) is 74.8 Å². The van der Waals surface area contributed by atoms with E-state index >= 15 is 0 Å². The number of imide groups is 2. The van der Waals surface area contributed by atoms with Crippen LogP contribution in [0, 0.1) is 51.4 Å². The van der Waals surface area contributed by atoms with Crippen LogP contribution < -0.4 is 25.9 Å². The van der Waals surface area contributed by atoms with Crippen molar-refractivity contribution < 1.29 is 19.2 Å². The highest BCUT2D eigenvalue weighted by Gasteiger charge is 2.53. The molecular weight excluding hydrogens is 1280 g/mol. The zero-order chi connectivity index (χ0) is 65.6. The van der Waals surface area contributed by atoms with Crippen molar-refractivity contribution in [3.05, 3.63) is 96.4 Å². The molecule has 14 heteroatoms. The summed E-state index contributed by atoms with van der Waals surface area (Å²) < 4.78 is 0. The van der Waals surface area contributed by atoms with Crippen LogP contribution >= 0.6 is 68.0 Å². The number of carbonyl (C=O) groups is 4. The number of hydrogen-bond acceptors (Lipinski definition) is 10. The highest BCUT2D eigenvalue weighted by molar-refractivity contribution is 7.34. The number of rotatable bonds is 34. The van der Waals surface area contributed by atoms with Crippen LogP contribution in [-0.4, -0.2) is 62.7 Å². The fourth-order valence-electron chi connectivity index (χ4n) is 16.1. The standard InChI is InChI=1S/C40H59NO2S3Si.C38H47NO2S3Si/c1-8-13-16-17-18-19-22-47(26-30(12-5)21-15-10-3)32-23-27(6)44-37(32)38-33(47)24-31(46-38)36-35-34(28(7)45-36)39(42)41(40(35)43)25-29(11-4)20-14-9-2;1-7-11-16-26(9-3)22-39-37(40)32-25(6)43-34(33(32)38(39)41)29-21-31-36(44-29)35-30(20-24(5)42-35)45(31,28-18-14-13-15-19-28)23-27(10-4)17-12-8-2/h23-24,29-30H,8-22,25-26H2,1-7H3;13-15,18-21,26-27H,7-12,16-17,22-23H2,1-6H3. The lowest BCUT2D eigenvalue weighted by Gasteiger charge is -2.33. The van der Waals surface area contributed by atoms with Gasteiger partial charge in [0.2, 0.25) is 0 Å². The molecule has 6 aromatic heterocycles. The molecule has 0 spiro atoms. The molecule has 4 aliphatic rings. The SMILES string of the molecule is CCCCC(CC)CN1C(=O)c2c(C)sc(-c3cc4c(s3)-c3sc(C)cc3[Si]4(CC(CC)CCCC)c3ccccc3)c2C1=O.CCCCCCCC[Si]1(CC(CC)CCCC)c2cc(C)sc2-c2sc(-c3sc(C)c4c3C(=O)N(CC(CC)CCCC)C4=O)cc21. The van der Waals surface area contributed by atoms with Gasteiger partial charge in [-0.1, -0.05) is 221 Å². The van der Waals surface area contributed by atoms with Crippen LogP contribution in [0.2, 0.25) is 18.1 Å². The average molecular weight is 1380 g/mol. The maximum Gasteiger partial charge on any atom is 0.263 e. The number of fused-ring (bicyclic) bond motifs is 8. The van der Waals surface area contributed by atoms with Gasteiger partial charge in [0.05, 0.1) is 32.0 Å². The number of aryl methyl sites for hydroxylation is 4. The molecule has 6 atom stereocenters. The smallest absolute Gasteiger partial charge is 0.263 e. The molecule has 92 heavy (non-hydrogen) atoms. The summed E-state index contributed by atoms with van der Waals surface area (Å²) in [6, 6.07) is 25.4. The summed E-state index contributed by atoms with van der Waals surface area (Å²) >= 11 is 11.1. The van der Waals surface area contributed by atoms with Gasteiger partial charge in [-0.05, 0) is 133 Å². The molecule has 0 saturated heterocycles. The maximum atomic E-state index is 14.1. The normalized spacial score (nSPS) is 18.3. The summed E-state index contributed by atoms with van der Waals surface area (Å²) in [6.07, 6.45) is 26.9. The van der Waals surface area contributed by atoms with Crippen LogP contribution in [0.1, 0.15) is 265 Å². The molecule has 6 nitrogen and oxygen atoms in total. The first kappa shape index (κ1) is 70.9. The second-order valence-corrected chi connectivity index (χ2v) is 42.9. The van der Waals surface area contributed by atoms with Gasteiger partial charge in [0.15, 0.2) is 8.07 Å². The van der Waals surface area contributed by atoms with Gasteiger partial charge in [0, 0.05) is 61.9 Å². The fraction of sp³-hybridized carbons (Fsp3) is 0.564. The first-order valence-corrected chi connectivity index (χ1v) is 45.6. The summed E-state index contributed by atoms with van der Waals surface area (Å²) in [4.78, 5) is 74.0. The lowest BCUT2D eigenvalue weighted by Crippen LogP contribution is -2.65. The maximum absolute atomic E-state index is 14.1. The Kier molecular flexibility index (Phi) is 24.3. The Labute approximate surface area is 579 Å². The summed E-state index contributed by atoms with van der Waals surface area (Å²) in [7, 11) is -4.32. The molecule has 11 rings (SSSR count). The van der Waals surface area contributed by atoms with Crippen molar-refractivity contribution in [2.45, 2.75) is 249 Å². The summed E-state index contributed by atoms with van der Waals surface area (Å²) in [5.41, 5.74) is 2.70. The van der Waals surface area contributed by atoms with Crippen molar-refractivity contribution in [2.24, 2.45) is 23.7 Å². The summed E-state index contributed by atoms with van der Waals surface area (Å²) in [5.74, 6) is 1.90. The molecule has 6 unspecified atom stereocenters. The van der Waals surface area contributed by atoms with Gasteiger partial charge in [-0.25, -0.2) is 0 Å². The monoisotopic (exact) mass is 1380 g/mol. The van der Waals surface area contributed by atoms with Crippen LogP contribution in [0.5, 0.6) is 0 Å². The van der Waals surface area contributed by atoms with Crippen LogP contribution in [0.4, 0.5) is 0 Å². The van der Waals surface area contributed by atoms with E-state index in [0.717, 1.165) is 76.8 Å². The largest absolute Gasteiger partial charge is 0.274 e. The van der Waals surface area contributed by atoms with Gasteiger partial charge >= 0.3 is 0 Å². The third-order valence-electron chi connectivity index (χ3n) is 21.5. The van der Waals surface area contributed by atoms with Crippen molar-refractivity contribution in [3.63, 3.8) is 0 Å². The molecule has 0 saturated carbocycles. The molecule has 0 aliphatic carbocycles. The zero-order valence-electron chi connectivity index (χ0n) is 58.1. The molecule has 0 radical (unpaired) electrons. The Morgan fingerprint density at radius 2 is 0.761 bits per heavy atom. The Balaban J connectivity index is 0.000000202. The van der Waals surface area contributed by atoms with E-state index in [0.29, 0.717) is 53.1 Å². The molecule has 496 valence electrons. The number of hydrogen-bond donors (Lipinski definition) is 0. The average Bonchev–Trinajstić information content (AvgIpc) is 1.55. The van der Waals surface area contributed by atoms with Crippen molar-refractivity contribution in [2.75, 3.05) is 13.1 Å². The van der Waals surface area contributed by atoms with E-state index in [4.69, 9.17) is 0 Å². The minimum atomic E-state index is -2.31. The lowest BCUT2D eigenvalue weighted by molar-refractivity contribution is 0.0609. The minimum absolute atomic E-state index is 0.0540. The highest BCUT2D eigenvalue weighted by atomic mass is 32.1. The number of benzene rings is 1. The Hall–Kier alpha value is -3.87. The number of unbranched alkanes of at least 4 members (excludes halogenated alkanes) is 9. The van der Waals surface area contributed by atoms with Gasteiger partial charge in [-0.3, -0.25) is 29.0 Å². The predicted molar refractivity (Wildman–Crippen MR) is 409 cm³/mol. The van der Waals surface area contributed by atoms with E-state index in [1.165, 1.54) is 157 Å². The van der Waals surface area contributed by atoms with Crippen molar-refractivity contribution in [1.29, 1.82) is 0 Å². The number of nitrogens with zero attached hydrogens (tertiary/aromatic N) is 2. The van der Waals surface area contributed by atoms with Crippen LogP contribution in [0.15, 0.2) is 54.6 Å². The molecular formula is C78H106N2O4S6Si2. The summed E-state index contributed by atoms with van der Waals surface area (Å²) in [5, 5.41) is 8.01. The highest BCUT2D eigenvalue weighted by Crippen LogP contribution is 2.52. The first-order chi connectivity index (χ1) is 44.5. The van der Waals surface area contributed by atoms with E-state index < -0.39 is 16.1 Å². The number of thiophene rings is 6. The van der Waals surface area contributed by atoms with Gasteiger partial charge < -0.3 is 0 Å². The van der Waals surface area contributed by atoms with Gasteiger partial charge in [-0.2, -0.15) is 0 Å². The summed E-state index contributed by atoms with van der Waals surface area (Å²) in [6.45, 7) is 30.2. The molecule has 0 fully saturated rings. The van der Waals surface area contributed by atoms with Crippen molar-refractivity contribution in [3.8, 4) is 39.0 Å². The molecule has 0 N–H and O–H groups in total. The number of amides is 4. The molecule has 1 aromatic carbocycles. The van der Waals surface area contributed by atoms with Gasteiger partial charge in [-0.15, -0.1) is 68.0 Å². The second-order valence-electron chi connectivity index (χ2n) is 27.8. The van der Waals surface area contributed by atoms with Crippen LogP contribution in [0.3, 0.4) is 0 Å².